The van der Waals surface area contributed by atoms with Crippen molar-refractivity contribution in [3.63, 3.8) is 0 Å². The van der Waals surface area contributed by atoms with Gasteiger partial charge in [-0.25, -0.2) is 0 Å². The predicted octanol–water partition coefficient (Wildman–Crippen LogP) is 3.53. The van der Waals surface area contributed by atoms with E-state index in [1.54, 1.807) is 0 Å². The predicted molar refractivity (Wildman–Crippen MR) is 68.9 cm³/mol. The molecule has 0 aliphatic heterocycles. The average molecular weight is 221 g/mol. The fraction of sp³-hybridized carbons (Fsp3) is 0.571. The molecule has 0 unspecified atom stereocenters. The van der Waals surface area contributed by atoms with Gasteiger partial charge in [-0.2, -0.15) is 0 Å². The number of hydrogen-bond donors (Lipinski definition) is 1. The average Bonchev–Trinajstić information content (AvgIpc) is 2.26. The Morgan fingerprint density at radius 2 is 1.75 bits per heavy atom. The molecule has 0 saturated heterocycles. The minimum Gasteiger partial charge on any atom is -0.491 e. The first kappa shape index (κ1) is 13.0. The van der Waals surface area contributed by atoms with Crippen LogP contribution in [-0.4, -0.2) is 12.6 Å². The Balaban J connectivity index is 2.56. The van der Waals surface area contributed by atoms with Crippen LogP contribution in [0.3, 0.4) is 0 Å². The van der Waals surface area contributed by atoms with E-state index in [0.29, 0.717) is 6.04 Å². The summed E-state index contributed by atoms with van der Waals surface area (Å²) >= 11 is 0. The smallest absolute Gasteiger partial charge is 0.119 e. The quantitative estimate of drug-likeness (QED) is 0.793. The summed E-state index contributed by atoms with van der Waals surface area (Å²) in [5.41, 5.74) is 1.31. The van der Waals surface area contributed by atoms with E-state index in [0.717, 1.165) is 12.3 Å². The maximum absolute atomic E-state index is 5.61. The Morgan fingerprint density at radius 1 is 1.12 bits per heavy atom. The molecule has 1 N–H and O–H groups in total. The highest BCUT2D eigenvalue weighted by molar-refractivity contribution is 5.29. The van der Waals surface area contributed by atoms with E-state index in [2.05, 4.69) is 31.3 Å². The molecule has 1 aromatic carbocycles. The van der Waals surface area contributed by atoms with E-state index in [-0.39, 0.29) is 6.10 Å². The zero-order valence-electron chi connectivity index (χ0n) is 10.8. The van der Waals surface area contributed by atoms with E-state index < -0.39 is 0 Å². The van der Waals surface area contributed by atoms with Crippen molar-refractivity contribution in [3.05, 3.63) is 29.8 Å². The van der Waals surface area contributed by atoms with Gasteiger partial charge in [-0.3, -0.25) is 0 Å². The Morgan fingerprint density at radius 3 is 2.25 bits per heavy atom. The Kier molecular flexibility index (Phi) is 5.33. The van der Waals surface area contributed by atoms with E-state index in [4.69, 9.17) is 4.74 Å². The van der Waals surface area contributed by atoms with Gasteiger partial charge in [-0.05, 0) is 51.4 Å². The molecule has 90 valence electrons. The lowest BCUT2D eigenvalue weighted by molar-refractivity contribution is 0.242. The molecule has 0 fully saturated rings. The molecule has 1 rings (SSSR count). The van der Waals surface area contributed by atoms with Crippen LogP contribution in [-0.2, 0) is 0 Å². The molecule has 0 spiro atoms. The van der Waals surface area contributed by atoms with Crippen molar-refractivity contribution in [2.24, 2.45) is 0 Å². The van der Waals surface area contributed by atoms with Gasteiger partial charge in [0.15, 0.2) is 0 Å². The van der Waals surface area contributed by atoms with Gasteiger partial charge in [0.1, 0.15) is 5.75 Å². The lowest BCUT2D eigenvalue weighted by atomic mass is 10.1. The molecule has 16 heavy (non-hydrogen) atoms. The first-order valence-electron chi connectivity index (χ1n) is 6.13. The molecule has 0 saturated carbocycles. The zero-order valence-corrected chi connectivity index (χ0v) is 10.8. The maximum atomic E-state index is 5.61. The van der Waals surface area contributed by atoms with Crippen LogP contribution in [0.4, 0.5) is 0 Å². The van der Waals surface area contributed by atoms with Crippen LogP contribution < -0.4 is 10.1 Å². The highest BCUT2D eigenvalue weighted by atomic mass is 16.5. The molecule has 0 heterocycles. The summed E-state index contributed by atoms with van der Waals surface area (Å²) in [6, 6.07) is 8.75. The second kappa shape index (κ2) is 6.54. The van der Waals surface area contributed by atoms with Crippen LogP contribution in [0.25, 0.3) is 0 Å². The molecule has 2 nitrogen and oxygen atoms in total. The molecule has 0 radical (unpaired) electrons. The van der Waals surface area contributed by atoms with Crippen molar-refractivity contribution in [1.29, 1.82) is 0 Å². The molecular formula is C14H23NO. The van der Waals surface area contributed by atoms with E-state index in [1.807, 2.05) is 26.0 Å². The number of hydrogen-bond acceptors (Lipinski definition) is 2. The summed E-state index contributed by atoms with van der Waals surface area (Å²) in [5, 5.41) is 3.47. The Bertz CT molecular complexity index is 292. The van der Waals surface area contributed by atoms with Gasteiger partial charge in [0.2, 0.25) is 0 Å². The third kappa shape index (κ3) is 4.23. The first-order valence-corrected chi connectivity index (χ1v) is 6.13. The number of benzene rings is 1. The Labute approximate surface area is 99.0 Å². The molecule has 2 heteroatoms. The van der Waals surface area contributed by atoms with E-state index >= 15 is 0 Å². The lowest BCUT2D eigenvalue weighted by Crippen LogP contribution is -2.19. The van der Waals surface area contributed by atoms with Gasteiger partial charge in [-0.1, -0.05) is 19.1 Å². The Hall–Kier alpha value is -1.02. The van der Waals surface area contributed by atoms with E-state index in [9.17, 15) is 0 Å². The highest BCUT2D eigenvalue weighted by Crippen LogP contribution is 2.18. The minimum atomic E-state index is 0.237. The molecule has 0 amide bonds. The first-order chi connectivity index (χ1) is 7.63. The standard InChI is InChI=1S/C14H23NO/c1-5-10-15-12(4)13-6-8-14(9-7-13)16-11(2)3/h6-9,11-12,15H,5,10H2,1-4H3/t12-/m0/s1. The summed E-state index contributed by atoms with van der Waals surface area (Å²) in [4.78, 5) is 0. The van der Waals surface area contributed by atoms with Crippen LogP contribution in [0.5, 0.6) is 5.75 Å². The second-order valence-corrected chi connectivity index (χ2v) is 4.41. The molecule has 0 aromatic heterocycles. The van der Waals surface area contributed by atoms with Crippen LogP contribution in [0.1, 0.15) is 45.7 Å². The van der Waals surface area contributed by atoms with Crippen LogP contribution in [0.15, 0.2) is 24.3 Å². The summed E-state index contributed by atoms with van der Waals surface area (Å²) in [7, 11) is 0. The van der Waals surface area contributed by atoms with Gasteiger partial charge in [-0.15, -0.1) is 0 Å². The highest BCUT2D eigenvalue weighted by Gasteiger charge is 2.04. The number of ether oxygens (including phenoxy) is 1. The van der Waals surface area contributed by atoms with Gasteiger partial charge in [0.05, 0.1) is 6.10 Å². The largest absolute Gasteiger partial charge is 0.491 e. The molecule has 0 bridgehead atoms. The molecular weight excluding hydrogens is 198 g/mol. The third-order valence-corrected chi connectivity index (χ3v) is 2.45. The van der Waals surface area contributed by atoms with Crippen molar-refractivity contribution in [1.82, 2.24) is 5.32 Å². The topological polar surface area (TPSA) is 21.3 Å². The molecule has 0 aliphatic rings. The van der Waals surface area contributed by atoms with E-state index in [1.165, 1.54) is 12.0 Å². The minimum absolute atomic E-state index is 0.237. The maximum Gasteiger partial charge on any atom is 0.119 e. The monoisotopic (exact) mass is 221 g/mol. The second-order valence-electron chi connectivity index (χ2n) is 4.41. The summed E-state index contributed by atoms with van der Waals surface area (Å²) in [6.45, 7) is 9.51. The fourth-order valence-corrected chi connectivity index (χ4v) is 1.59. The van der Waals surface area contributed by atoms with Gasteiger partial charge >= 0.3 is 0 Å². The number of nitrogens with one attached hydrogen (secondary N) is 1. The van der Waals surface area contributed by atoms with Gasteiger partial charge in [0.25, 0.3) is 0 Å². The SMILES string of the molecule is CCCN[C@@H](C)c1ccc(OC(C)C)cc1. The number of rotatable bonds is 6. The molecule has 0 aliphatic carbocycles. The van der Waals surface area contributed by atoms with Crippen molar-refractivity contribution in [2.75, 3.05) is 6.54 Å². The van der Waals surface area contributed by atoms with Gasteiger partial charge < -0.3 is 10.1 Å². The summed E-state index contributed by atoms with van der Waals surface area (Å²) < 4.78 is 5.61. The summed E-state index contributed by atoms with van der Waals surface area (Å²) in [6.07, 6.45) is 1.40. The molecule has 1 aromatic rings. The van der Waals surface area contributed by atoms with Crippen molar-refractivity contribution in [3.8, 4) is 5.75 Å². The van der Waals surface area contributed by atoms with Crippen LogP contribution >= 0.6 is 0 Å². The fourth-order valence-electron chi connectivity index (χ4n) is 1.59. The molecule has 1 atom stereocenters. The summed E-state index contributed by atoms with van der Waals surface area (Å²) in [5.74, 6) is 0.946. The zero-order chi connectivity index (χ0) is 12.0. The van der Waals surface area contributed by atoms with Crippen molar-refractivity contribution < 1.29 is 4.74 Å². The third-order valence-electron chi connectivity index (χ3n) is 2.45. The van der Waals surface area contributed by atoms with Crippen molar-refractivity contribution >= 4 is 0 Å². The lowest BCUT2D eigenvalue weighted by Gasteiger charge is -2.15. The van der Waals surface area contributed by atoms with Crippen molar-refractivity contribution in [2.45, 2.75) is 46.3 Å². The van der Waals surface area contributed by atoms with Crippen LogP contribution in [0.2, 0.25) is 0 Å². The van der Waals surface area contributed by atoms with Crippen LogP contribution in [0, 0.1) is 0 Å². The normalized spacial score (nSPS) is 12.8. The van der Waals surface area contributed by atoms with Gasteiger partial charge in [0, 0.05) is 6.04 Å².